The molecule has 1 amide bonds. The predicted molar refractivity (Wildman–Crippen MR) is 64.6 cm³/mol. The van der Waals surface area contributed by atoms with Crippen molar-refractivity contribution in [3.05, 3.63) is 41.7 Å². The number of carbonyl (C=O) groups is 1. The van der Waals surface area contributed by atoms with Gasteiger partial charge in [-0.3, -0.25) is 4.79 Å². The van der Waals surface area contributed by atoms with Crippen molar-refractivity contribution >= 4 is 5.91 Å². The lowest BCUT2D eigenvalue weighted by Gasteiger charge is -2.22. The van der Waals surface area contributed by atoms with Crippen LogP contribution in [0.4, 0.5) is 0 Å². The zero-order valence-corrected chi connectivity index (χ0v) is 10.3. The minimum absolute atomic E-state index is 0.254. The molecular weight excluding hydrogens is 234 g/mol. The van der Waals surface area contributed by atoms with Crippen LogP contribution in [0, 0.1) is 0 Å². The van der Waals surface area contributed by atoms with Crippen molar-refractivity contribution in [2.24, 2.45) is 0 Å². The summed E-state index contributed by atoms with van der Waals surface area (Å²) in [6, 6.07) is 7.33. The third-order valence-corrected chi connectivity index (χ3v) is 2.85. The molecule has 5 heteroatoms. The maximum absolute atomic E-state index is 11.7. The predicted octanol–water partition coefficient (Wildman–Crippen LogP) is 0.886. The molecule has 0 spiro atoms. The number of hydrogen-bond donors (Lipinski definition) is 1. The van der Waals surface area contributed by atoms with E-state index in [-0.39, 0.29) is 11.7 Å². The van der Waals surface area contributed by atoms with Crippen LogP contribution in [-0.4, -0.2) is 36.4 Å². The first-order valence-corrected chi connectivity index (χ1v) is 5.53. The van der Waals surface area contributed by atoms with Crippen molar-refractivity contribution in [2.75, 3.05) is 14.2 Å². The lowest BCUT2D eigenvalue weighted by Crippen LogP contribution is -2.34. The van der Waals surface area contributed by atoms with Crippen LogP contribution in [0.1, 0.15) is 5.56 Å². The Morgan fingerprint density at radius 3 is 2.39 bits per heavy atom. The fraction of sp³-hybridized carbons (Fsp3) is 0.308. The van der Waals surface area contributed by atoms with Crippen molar-refractivity contribution in [3.63, 3.8) is 0 Å². The van der Waals surface area contributed by atoms with E-state index in [1.807, 2.05) is 24.3 Å². The van der Waals surface area contributed by atoms with Crippen LogP contribution < -0.4 is 4.74 Å². The minimum Gasteiger partial charge on any atom is -0.497 e. The van der Waals surface area contributed by atoms with E-state index < -0.39 is 6.23 Å². The number of methoxy groups -OCH3 is 2. The molecule has 0 saturated heterocycles. The molecule has 0 fully saturated rings. The summed E-state index contributed by atoms with van der Waals surface area (Å²) >= 11 is 0. The number of rotatable bonds is 4. The number of nitrogens with zero attached hydrogens (tertiary/aromatic N) is 1. The van der Waals surface area contributed by atoms with E-state index in [2.05, 4.69) is 0 Å². The van der Waals surface area contributed by atoms with Gasteiger partial charge >= 0.3 is 0 Å². The van der Waals surface area contributed by atoms with E-state index in [0.29, 0.717) is 6.54 Å². The van der Waals surface area contributed by atoms with Crippen LogP contribution in [0.2, 0.25) is 0 Å². The van der Waals surface area contributed by atoms with Gasteiger partial charge in [0, 0.05) is 12.6 Å². The molecule has 96 valence electrons. The van der Waals surface area contributed by atoms with E-state index in [0.717, 1.165) is 11.3 Å². The molecule has 0 aromatic heterocycles. The summed E-state index contributed by atoms with van der Waals surface area (Å²) in [5.41, 5.74) is 0.911. The van der Waals surface area contributed by atoms with E-state index >= 15 is 0 Å². The smallest absolute Gasteiger partial charge is 0.252 e. The number of aliphatic hydroxyl groups is 1. The van der Waals surface area contributed by atoms with Crippen LogP contribution in [0.25, 0.3) is 0 Å². The standard InChI is InChI=1S/C13H15NO4/c1-17-10-5-3-9(4-6-10)8-14-12(15)7-11(18-2)13(14)16/h3-7,13,16H,8H2,1-2H3. The Kier molecular flexibility index (Phi) is 3.53. The topological polar surface area (TPSA) is 59.0 Å². The van der Waals surface area contributed by atoms with E-state index in [9.17, 15) is 9.90 Å². The fourth-order valence-corrected chi connectivity index (χ4v) is 1.81. The molecule has 0 aliphatic carbocycles. The van der Waals surface area contributed by atoms with Crippen molar-refractivity contribution in [1.82, 2.24) is 4.90 Å². The van der Waals surface area contributed by atoms with E-state index in [1.165, 1.54) is 18.1 Å². The first-order chi connectivity index (χ1) is 8.65. The molecule has 18 heavy (non-hydrogen) atoms. The van der Waals surface area contributed by atoms with Gasteiger partial charge in [0.05, 0.1) is 14.2 Å². The van der Waals surface area contributed by atoms with Gasteiger partial charge < -0.3 is 19.5 Å². The SMILES string of the molecule is COC1=CC(=O)N(Cc2ccc(OC)cc2)C1O. The highest BCUT2D eigenvalue weighted by Crippen LogP contribution is 2.21. The Morgan fingerprint density at radius 1 is 1.22 bits per heavy atom. The number of amides is 1. The zero-order chi connectivity index (χ0) is 13.1. The Morgan fingerprint density at radius 2 is 1.89 bits per heavy atom. The number of ether oxygens (including phenoxy) is 2. The Bertz CT molecular complexity index is 466. The van der Waals surface area contributed by atoms with Crippen LogP contribution >= 0.6 is 0 Å². The van der Waals surface area contributed by atoms with Crippen LogP contribution in [-0.2, 0) is 16.1 Å². The first-order valence-electron chi connectivity index (χ1n) is 5.53. The van der Waals surface area contributed by atoms with Gasteiger partial charge in [0.1, 0.15) is 5.75 Å². The maximum Gasteiger partial charge on any atom is 0.252 e. The van der Waals surface area contributed by atoms with Crippen molar-refractivity contribution < 1.29 is 19.4 Å². The van der Waals surface area contributed by atoms with Gasteiger partial charge in [-0.2, -0.15) is 0 Å². The molecule has 0 radical (unpaired) electrons. The number of aliphatic hydroxyl groups excluding tert-OH is 1. The molecule has 0 saturated carbocycles. The molecular formula is C13H15NO4. The second-order valence-corrected chi connectivity index (χ2v) is 3.94. The van der Waals surface area contributed by atoms with Crippen molar-refractivity contribution in [3.8, 4) is 5.75 Å². The lowest BCUT2D eigenvalue weighted by atomic mass is 10.2. The average Bonchev–Trinajstić information content (AvgIpc) is 2.67. The molecule has 1 aliphatic heterocycles. The summed E-state index contributed by atoms with van der Waals surface area (Å²) in [6.07, 6.45) is 0.290. The van der Waals surface area contributed by atoms with Gasteiger partial charge in [0.2, 0.25) is 0 Å². The molecule has 1 heterocycles. The summed E-state index contributed by atoms with van der Waals surface area (Å²) in [4.78, 5) is 13.0. The van der Waals surface area contributed by atoms with Crippen molar-refractivity contribution in [1.29, 1.82) is 0 Å². The van der Waals surface area contributed by atoms with Gasteiger partial charge in [-0.25, -0.2) is 0 Å². The van der Waals surface area contributed by atoms with Gasteiger partial charge in [-0.1, -0.05) is 12.1 Å². The zero-order valence-electron chi connectivity index (χ0n) is 10.3. The van der Waals surface area contributed by atoms with Gasteiger partial charge in [0.15, 0.2) is 12.0 Å². The number of hydrogen-bond acceptors (Lipinski definition) is 4. The van der Waals surface area contributed by atoms with E-state index in [1.54, 1.807) is 7.11 Å². The second kappa shape index (κ2) is 5.10. The summed E-state index contributed by atoms with van der Waals surface area (Å²) < 4.78 is 9.98. The maximum atomic E-state index is 11.7. The molecule has 1 aliphatic rings. The summed E-state index contributed by atoms with van der Waals surface area (Å²) in [6.45, 7) is 0.327. The highest BCUT2D eigenvalue weighted by molar-refractivity contribution is 5.91. The highest BCUT2D eigenvalue weighted by atomic mass is 16.5. The molecule has 1 atom stereocenters. The van der Waals surface area contributed by atoms with Crippen LogP contribution in [0.15, 0.2) is 36.1 Å². The van der Waals surface area contributed by atoms with Crippen molar-refractivity contribution in [2.45, 2.75) is 12.8 Å². The fourth-order valence-electron chi connectivity index (χ4n) is 1.81. The quantitative estimate of drug-likeness (QED) is 0.860. The monoisotopic (exact) mass is 249 g/mol. The first kappa shape index (κ1) is 12.4. The second-order valence-electron chi connectivity index (χ2n) is 3.94. The van der Waals surface area contributed by atoms with Gasteiger partial charge in [0.25, 0.3) is 5.91 Å². The van der Waals surface area contributed by atoms with Crippen LogP contribution in [0.3, 0.4) is 0 Å². The molecule has 5 nitrogen and oxygen atoms in total. The lowest BCUT2D eigenvalue weighted by molar-refractivity contribution is -0.132. The highest BCUT2D eigenvalue weighted by Gasteiger charge is 2.31. The normalized spacial score (nSPS) is 18.8. The average molecular weight is 249 g/mol. The Hall–Kier alpha value is -2.01. The molecule has 1 aromatic carbocycles. The molecule has 1 N–H and O–H groups in total. The minimum atomic E-state index is -1.01. The van der Waals surface area contributed by atoms with Gasteiger partial charge in [-0.05, 0) is 17.7 Å². The summed E-state index contributed by atoms with van der Waals surface area (Å²) in [5.74, 6) is 0.770. The molecule has 0 bridgehead atoms. The molecule has 1 aromatic rings. The third kappa shape index (κ3) is 2.31. The third-order valence-electron chi connectivity index (χ3n) is 2.85. The molecule has 1 unspecified atom stereocenters. The Labute approximate surface area is 105 Å². The molecule has 2 rings (SSSR count). The van der Waals surface area contributed by atoms with E-state index in [4.69, 9.17) is 9.47 Å². The number of carbonyl (C=O) groups excluding carboxylic acids is 1. The number of benzene rings is 1. The Balaban J connectivity index is 2.08. The van der Waals surface area contributed by atoms with Gasteiger partial charge in [-0.15, -0.1) is 0 Å². The largest absolute Gasteiger partial charge is 0.497 e. The summed E-state index contributed by atoms with van der Waals surface area (Å²) in [7, 11) is 3.02. The van der Waals surface area contributed by atoms with Crippen LogP contribution in [0.5, 0.6) is 5.75 Å². The summed E-state index contributed by atoms with van der Waals surface area (Å²) in [5, 5.41) is 9.87.